The van der Waals surface area contributed by atoms with Crippen molar-refractivity contribution in [3.8, 4) is 0 Å². The Balaban J connectivity index is 3.57. The van der Waals surface area contributed by atoms with Crippen molar-refractivity contribution in [1.82, 2.24) is 0 Å². The lowest BCUT2D eigenvalue weighted by Gasteiger charge is -2.07. The van der Waals surface area contributed by atoms with Crippen LogP contribution in [0.5, 0.6) is 0 Å². The maximum atomic E-state index is 10.9. The third kappa shape index (κ3) is 1.99. The van der Waals surface area contributed by atoms with Gasteiger partial charge in [-0.3, -0.25) is 4.55 Å². The first-order valence-electron chi connectivity index (χ1n) is 3.66. The van der Waals surface area contributed by atoms with Gasteiger partial charge in [-0.2, -0.15) is 8.42 Å². The van der Waals surface area contributed by atoms with Gasteiger partial charge < -0.3 is 5.73 Å². The van der Waals surface area contributed by atoms with E-state index >= 15 is 0 Å². The van der Waals surface area contributed by atoms with Gasteiger partial charge in [0, 0.05) is 0 Å². The molecule has 1 aromatic rings. The summed E-state index contributed by atoms with van der Waals surface area (Å²) in [6, 6.07) is 3.16. The van der Waals surface area contributed by atoms with E-state index in [4.69, 9.17) is 10.3 Å². The lowest BCUT2D eigenvalue weighted by Crippen LogP contribution is -2.05. The largest absolute Gasteiger partial charge is 0.398 e. The highest BCUT2D eigenvalue weighted by atomic mass is 32.2. The van der Waals surface area contributed by atoms with E-state index in [0.29, 0.717) is 5.56 Å². The fraction of sp³-hybridized carbons (Fsp3) is 0.250. The molecule has 1 rings (SSSR count). The standard InChI is InChI=1S/C8H11NO3S/c1-5-3-6(2)8(7(9)4-5)13(10,11)12/h3-4H,9H2,1-2H3,(H,10,11,12). The quantitative estimate of drug-likeness (QED) is 0.527. The normalized spacial score (nSPS) is 11.6. The summed E-state index contributed by atoms with van der Waals surface area (Å²) in [5.74, 6) is 0. The van der Waals surface area contributed by atoms with Crippen molar-refractivity contribution >= 4 is 15.8 Å². The summed E-state index contributed by atoms with van der Waals surface area (Å²) in [5.41, 5.74) is 6.87. The molecule has 0 unspecified atom stereocenters. The second-order valence-corrected chi connectivity index (χ2v) is 4.33. The van der Waals surface area contributed by atoms with Gasteiger partial charge in [-0.25, -0.2) is 0 Å². The summed E-state index contributed by atoms with van der Waals surface area (Å²) in [7, 11) is -4.21. The average molecular weight is 201 g/mol. The second kappa shape index (κ2) is 3.01. The van der Waals surface area contributed by atoms with Crippen molar-refractivity contribution < 1.29 is 13.0 Å². The monoisotopic (exact) mass is 201 g/mol. The van der Waals surface area contributed by atoms with E-state index in [-0.39, 0.29) is 10.6 Å². The summed E-state index contributed by atoms with van der Waals surface area (Å²) in [6.07, 6.45) is 0. The molecule has 0 amide bonds. The van der Waals surface area contributed by atoms with Gasteiger partial charge in [-0.1, -0.05) is 6.07 Å². The molecule has 0 saturated heterocycles. The number of hydrogen-bond donors (Lipinski definition) is 2. The maximum absolute atomic E-state index is 10.9. The molecule has 0 aromatic heterocycles. The van der Waals surface area contributed by atoms with Crippen LogP contribution in [0.2, 0.25) is 0 Å². The van der Waals surface area contributed by atoms with Crippen LogP contribution in [0.15, 0.2) is 17.0 Å². The predicted octanol–water partition coefficient (Wildman–Crippen LogP) is 1.13. The molecular weight excluding hydrogens is 190 g/mol. The molecular formula is C8H11NO3S. The lowest BCUT2D eigenvalue weighted by atomic mass is 10.1. The van der Waals surface area contributed by atoms with Crippen molar-refractivity contribution in [2.24, 2.45) is 0 Å². The highest BCUT2D eigenvalue weighted by Crippen LogP contribution is 2.23. The topological polar surface area (TPSA) is 80.4 Å². The molecule has 0 spiro atoms. The van der Waals surface area contributed by atoms with Crippen LogP contribution in [-0.2, 0) is 10.1 Å². The Morgan fingerprint density at radius 3 is 2.23 bits per heavy atom. The molecule has 0 radical (unpaired) electrons. The molecule has 0 aliphatic carbocycles. The molecule has 0 fully saturated rings. The van der Waals surface area contributed by atoms with E-state index in [2.05, 4.69) is 0 Å². The molecule has 0 aliphatic heterocycles. The Bertz CT molecular complexity index is 414. The van der Waals surface area contributed by atoms with Crippen LogP contribution in [-0.4, -0.2) is 13.0 Å². The van der Waals surface area contributed by atoms with Crippen molar-refractivity contribution in [3.63, 3.8) is 0 Å². The molecule has 1 aromatic carbocycles. The Morgan fingerprint density at radius 2 is 1.85 bits per heavy atom. The Kier molecular flexibility index (Phi) is 2.32. The van der Waals surface area contributed by atoms with Crippen LogP contribution < -0.4 is 5.73 Å². The van der Waals surface area contributed by atoms with Gasteiger partial charge in [-0.15, -0.1) is 0 Å². The van der Waals surface area contributed by atoms with E-state index in [1.807, 2.05) is 0 Å². The molecule has 0 saturated carbocycles. The third-order valence-corrected chi connectivity index (χ3v) is 2.78. The molecule has 5 heteroatoms. The first-order chi connectivity index (χ1) is 5.82. The van der Waals surface area contributed by atoms with Crippen LogP contribution in [0.1, 0.15) is 11.1 Å². The number of aryl methyl sites for hydroxylation is 2. The van der Waals surface area contributed by atoms with Crippen LogP contribution in [0.3, 0.4) is 0 Å². The maximum Gasteiger partial charge on any atom is 0.296 e. The van der Waals surface area contributed by atoms with Crippen LogP contribution >= 0.6 is 0 Å². The average Bonchev–Trinajstić information content (AvgIpc) is 1.78. The first kappa shape index (κ1) is 10.0. The molecule has 0 bridgehead atoms. The fourth-order valence-corrected chi connectivity index (χ4v) is 2.16. The minimum absolute atomic E-state index is 0.0833. The number of nitrogen functional groups attached to an aromatic ring is 1. The molecule has 0 heterocycles. The van der Waals surface area contributed by atoms with Gasteiger partial charge in [0.1, 0.15) is 4.90 Å². The second-order valence-electron chi connectivity index (χ2n) is 2.98. The van der Waals surface area contributed by atoms with Gasteiger partial charge in [0.25, 0.3) is 10.1 Å². The minimum atomic E-state index is -4.21. The van der Waals surface area contributed by atoms with E-state index in [0.717, 1.165) is 5.56 Å². The van der Waals surface area contributed by atoms with Crippen molar-refractivity contribution in [2.45, 2.75) is 18.7 Å². The van der Waals surface area contributed by atoms with Crippen LogP contribution in [0.25, 0.3) is 0 Å². The zero-order chi connectivity index (χ0) is 10.2. The number of hydrogen-bond acceptors (Lipinski definition) is 3. The molecule has 0 atom stereocenters. The van der Waals surface area contributed by atoms with Gasteiger partial charge in [0.2, 0.25) is 0 Å². The van der Waals surface area contributed by atoms with Crippen LogP contribution in [0, 0.1) is 13.8 Å². The molecule has 0 aliphatic rings. The smallest absolute Gasteiger partial charge is 0.296 e. The zero-order valence-corrected chi connectivity index (χ0v) is 8.22. The summed E-state index contributed by atoms with van der Waals surface area (Å²) >= 11 is 0. The van der Waals surface area contributed by atoms with Crippen molar-refractivity contribution in [2.75, 3.05) is 5.73 Å². The summed E-state index contributed by atoms with van der Waals surface area (Å²) < 4.78 is 30.6. The Labute approximate surface area is 77.1 Å². The predicted molar refractivity (Wildman–Crippen MR) is 50.1 cm³/mol. The van der Waals surface area contributed by atoms with Crippen LogP contribution in [0.4, 0.5) is 5.69 Å². The van der Waals surface area contributed by atoms with Gasteiger partial charge in [-0.05, 0) is 31.0 Å². The zero-order valence-electron chi connectivity index (χ0n) is 7.40. The van der Waals surface area contributed by atoms with E-state index in [1.54, 1.807) is 19.9 Å². The van der Waals surface area contributed by atoms with Crippen molar-refractivity contribution in [3.05, 3.63) is 23.3 Å². The third-order valence-electron chi connectivity index (χ3n) is 1.71. The van der Waals surface area contributed by atoms with Gasteiger partial charge in [0.15, 0.2) is 0 Å². The summed E-state index contributed by atoms with van der Waals surface area (Å²) in [6.45, 7) is 3.39. The summed E-state index contributed by atoms with van der Waals surface area (Å²) in [5, 5.41) is 0. The number of nitrogens with two attached hydrogens (primary N) is 1. The van der Waals surface area contributed by atoms with Gasteiger partial charge in [0.05, 0.1) is 5.69 Å². The lowest BCUT2D eigenvalue weighted by molar-refractivity contribution is 0.483. The number of rotatable bonds is 1. The van der Waals surface area contributed by atoms with E-state index in [9.17, 15) is 8.42 Å². The molecule has 3 N–H and O–H groups in total. The Hall–Kier alpha value is -1.07. The Morgan fingerprint density at radius 1 is 1.31 bits per heavy atom. The van der Waals surface area contributed by atoms with Gasteiger partial charge >= 0.3 is 0 Å². The SMILES string of the molecule is Cc1cc(C)c(S(=O)(=O)O)c(N)c1. The number of anilines is 1. The molecule has 4 nitrogen and oxygen atoms in total. The molecule has 13 heavy (non-hydrogen) atoms. The summed E-state index contributed by atoms with van der Waals surface area (Å²) in [4.78, 5) is -0.196. The van der Waals surface area contributed by atoms with Crippen molar-refractivity contribution in [1.29, 1.82) is 0 Å². The van der Waals surface area contributed by atoms with E-state index in [1.165, 1.54) is 6.07 Å². The molecule has 72 valence electrons. The highest BCUT2D eigenvalue weighted by molar-refractivity contribution is 7.86. The fourth-order valence-electron chi connectivity index (χ4n) is 1.34. The minimum Gasteiger partial charge on any atom is -0.398 e. The van der Waals surface area contributed by atoms with E-state index < -0.39 is 10.1 Å². The first-order valence-corrected chi connectivity index (χ1v) is 5.10. The number of benzene rings is 1. The highest BCUT2D eigenvalue weighted by Gasteiger charge is 2.16.